The van der Waals surface area contributed by atoms with Gasteiger partial charge < -0.3 is 21.0 Å². The molecule has 0 fully saturated rings. The summed E-state index contributed by atoms with van der Waals surface area (Å²) in [4.78, 5) is 16.0. The molecule has 0 atom stereocenters. The SMILES string of the molecule is C1=Cc2cc3ccc(cc4nc(cc5ccc(cc1n2)[nH]5)C=C4)[nH]3.CCCCNC(=N)NC(=N)N.Cl. The lowest BCUT2D eigenvalue weighted by atomic mass is 10.3. The molecule has 0 radical (unpaired) electrons. The number of rotatable bonds is 3. The Morgan fingerprint density at radius 3 is 1.50 bits per heavy atom. The largest absolute Gasteiger partial charge is 0.370 e. The van der Waals surface area contributed by atoms with E-state index in [9.17, 15) is 0 Å². The molecule has 0 saturated heterocycles. The van der Waals surface area contributed by atoms with Crippen LogP contribution in [-0.2, 0) is 0 Å². The van der Waals surface area contributed by atoms with Crippen molar-refractivity contribution < 1.29 is 0 Å². The molecule has 0 unspecified atom stereocenters. The minimum atomic E-state index is -0.209. The highest BCUT2D eigenvalue weighted by Crippen LogP contribution is 2.16. The number of nitrogens with zero attached hydrogens (tertiary/aromatic N) is 2. The van der Waals surface area contributed by atoms with Crippen molar-refractivity contribution in [2.45, 2.75) is 19.8 Å². The first-order valence-corrected chi connectivity index (χ1v) is 11.4. The van der Waals surface area contributed by atoms with Crippen molar-refractivity contribution in [3.8, 4) is 0 Å². The topological polar surface area (TPSA) is 155 Å². The zero-order valence-electron chi connectivity index (χ0n) is 19.9. The van der Waals surface area contributed by atoms with Gasteiger partial charge >= 0.3 is 0 Å². The summed E-state index contributed by atoms with van der Waals surface area (Å²) in [6.45, 7) is 2.82. The first-order valence-electron chi connectivity index (χ1n) is 11.4. The highest BCUT2D eigenvalue weighted by atomic mass is 35.5. The molecule has 10 heteroatoms. The molecule has 0 spiro atoms. The highest BCUT2D eigenvalue weighted by Gasteiger charge is 2.01. The monoisotopic (exact) mass is 503 g/mol. The van der Waals surface area contributed by atoms with E-state index in [0.717, 1.165) is 64.2 Å². The fourth-order valence-corrected chi connectivity index (χ4v) is 3.51. The van der Waals surface area contributed by atoms with Gasteiger partial charge in [0.2, 0.25) is 0 Å². The van der Waals surface area contributed by atoms with E-state index in [1.165, 1.54) is 0 Å². The maximum atomic E-state index is 7.15. The number of hydrogen-bond acceptors (Lipinski definition) is 4. The minimum Gasteiger partial charge on any atom is -0.370 e. The molecule has 2 aliphatic rings. The Kier molecular flexibility index (Phi) is 9.01. The van der Waals surface area contributed by atoms with Crippen LogP contribution >= 0.6 is 12.4 Å². The van der Waals surface area contributed by atoms with Gasteiger partial charge in [0, 0.05) is 28.6 Å². The van der Waals surface area contributed by atoms with E-state index in [4.69, 9.17) is 16.6 Å². The molecule has 5 heterocycles. The van der Waals surface area contributed by atoms with Crippen molar-refractivity contribution in [1.82, 2.24) is 30.6 Å². The second kappa shape index (κ2) is 12.4. The predicted octanol–water partition coefficient (Wildman–Crippen LogP) is 4.87. The van der Waals surface area contributed by atoms with Gasteiger partial charge in [0.05, 0.1) is 22.8 Å². The number of nitrogens with one attached hydrogen (secondary N) is 6. The van der Waals surface area contributed by atoms with Gasteiger partial charge in [-0.25, -0.2) is 9.97 Å². The summed E-state index contributed by atoms with van der Waals surface area (Å²) >= 11 is 0. The van der Waals surface area contributed by atoms with Crippen LogP contribution in [0.1, 0.15) is 42.5 Å². The van der Waals surface area contributed by atoms with Crippen LogP contribution in [0, 0.1) is 10.8 Å². The molecule has 0 amide bonds. The number of H-pyrrole nitrogens is 2. The molecule has 5 rings (SSSR count). The number of aromatic nitrogens is 4. The number of guanidine groups is 2. The number of fused-ring (bicyclic) bond motifs is 8. The average molecular weight is 504 g/mol. The minimum absolute atomic E-state index is 0. The number of hydrogen-bond donors (Lipinski definition) is 7. The van der Waals surface area contributed by atoms with E-state index in [1.54, 1.807) is 0 Å². The summed E-state index contributed by atoms with van der Waals surface area (Å²) in [6.07, 6.45) is 10.2. The lowest BCUT2D eigenvalue weighted by molar-refractivity contribution is 0.744. The molecule has 2 aliphatic heterocycles. The van der Waals surface area contributed by atoms with Gasteiger partial charge in [-0.2, -0.15) is 0 Å². The summed E-state index contributed by atoms with van der Waals surface area (Å²) < 4.78 is 0. The van der Waals surface area contributed by atoms with Gasteiger partial charge in [-0.1, -0.05) is 13.3 Å². The average Bonchev–Trinajstić information content (AvgIpc) is 3.60. The van der Waals surface area contributed by atoms with E-state index in [-0.39, 0.29) is 24.3 Å². The van der Waals surface area contributed by atoms with Gasteiger partial charge in [-0.15, -0.1) is 12.4 Å². The summed E-state index contributed by atoms with van der Waals surface area (Å²) in [5, 5.41) is 19.0. The molecule has 3 aromatic rings. The summed E-state index contributed by atoms with van der Waals surface area (Å²) in [7, 11) is 0. The lowest BCUT2D eigenvalue weighted by Crippen LogP contribution is -2.43. The fourth-order valence-electron chi connectivity index (χ4n) is 3.51. The van der Waals surface area contributed by atoms with E-state index in [2.05, 4.69) is 61.8 Å². The van der Waals surface area contributed by atoms with Crippen LogP contribution in [0.4, 0.5) is 0 Å². The zero-order valence-corrected chi connectivity index (χ0v) is 20.7. The molecule has 8 bridgehead atoms. The van der Waals surface area contributed by atoms with Crippen LogP contribution in [0.2, 0.25) is 0 Å². The first kappa shape index (κ1) is 26.2. The van der Waals surface area contributed by atoms with Gasteiger partial charge in [0.1, 0.15) is 0 Å². The van der Waals surface area contributed by atoms with Gasteiger partial charge in [0.25, 0.3) is 0 Å². The number of halogens is 1. The molecule has 0 aliphatic carbocycles. The third kappa shape index (κ3) is 7.57. The van der Waals surface area contributed by atoms with Crippen molar-refractivity contribution in [1.29, 1.82) is 10.8 Å². The van der Waals surface area contributed by atoms with Gasteiger partial charge in [-0.3, -0.25) is 16.1 Å². The summed E-state index contributed by atoms with van der Waals surface area (Å²) in [6, 6.07) is 16.4. The maximum Gasteiger partial charge on any atom is 0.195 e. The lowest BCUT2D eigenvalue weighted by Gasteiger charge is -2.06. The van der Waals surface area contributed by atoms with Crippen molar-refractivity contribution in [2.75, 3.05) is 6.54 Å². The Morgan fingerprint density at radius 1 is 0.778 bits per heavy atom. The molecule has 0 aromatic carbocycles. The van der Waals surface area contributed by atoms with E-state index >= 15 is 0 Å². The molecule has 3 aromatic heterocycles. The standard InChI is InChI=1S/C20H14N4.C6H15N5.ClH/c1-2-14-10-16-5-6-18(23-16)12-20-8-7-19(24-20)11-17-4-3-15(22-17)9-13(1)21-14;1-2-3-4-10-6(9)11-5(7)8;/h1-12,21,24H;2-4H2,1H3,(H6,7,8,9,10,11);1H. The van der Waals surface area contributed by atoms with Crippen LogP contribution in [0.25, 0.3) is 46.4 Å². The fraction of sp³-hybridized carbons (Fsp3) is 0.154. The van der Waals surface area contributed by atoms with Crippen molar-refractivity contribution in [3.05, 3.63) is 71.3 Å². The van der Waals surface area contributed by atoms with Gasteiger partial charge in [-0.05, 0) is 79.3 Å². The van der Waals surface area contributed by atoms with Crippen LogP contribution < -0.4 is 16.4 Å². The predicted molar refractivity (Wildman–Crippen MR) is 152 cm³/mol. The Balaban J connectivity index is 0.000000260. The van der Waals surface area contributed by atoms with Crippen molar-refractivity contribution in [2.24, 2.45) is 5.73 Å². The molecule has 8 N–H and O–H groups in total. The molecule has 9 nitrogen and oxygen atoms in total. The smallest absolute Gasteiger partial charge is 0.195 e. The summed E-state index contributed by atoms with van der Waals surface area (Å²) in [5.74, 6) is -0.120. The van der Waals surface area contributed by atoms with Crippen LogP contribution in [0.3, 0.4) is 0 Å². The van der Waals surface area contributed by atoms with Gasteiger partial charge in [0.15, 0.2) is 11.9 Å². The Bertz CT molecular complexity index is 1270. The normalized spacial score (nSPS) is 11.1. The molecular weight excluding hydrogens is 474 g/mol. The molecule has 186 valence electrons. The van der Waals surface area contributed by atoms with Crippen LogP contribution in [0.5, 0.6) is 0 Å². The van der Waals surface area contributed by atoms with E-state index < -0.39 is 0 Å². The quantitative estimate of drug-likeness (QED) is 0.106. The van der Waals surface area contributed by atoms with E-state index in [0.29, 0.717) is 0 Å². The second-order valence-corrected chi connectivity index (χ2v) is 8.10. The zero-order chi connectivity index (χ0) is 24.6. The second-order valence-electron chi connectivity index (χ2n) is 8.10. The number of nitrogens with two attached hydrogens (primary N) is 1. The highest BCUT2D eigenvalue weighted by molar-refractivity contribution is 5.94. The first-order chi connectivity index (χ1) is 17.0. The summed E-state index contributed by atoms with van der Waals surface area (Å²) in [5.41, 5.74) is 12.8. The Hall–Kier alpha value is -4.37. The van der Waals surface area contributed by atoms with Crippen molar-refractivity contribution >= 4 is 70.7 Å². The third-order valence-electron chi connectivity index (χ3n) is 5.13. The van der Waals surface area contributed by atoms with Crippen LogP contribution in [0.15, 0.2) is 48.5 Å². The van der Waals surface area contributed by atoms with Crippen molar-refractivity contribution in [3.63, 3.8) is 0 Å². The third-order valence-corrected chi connectivity index (χ3v) is 5.13. The Labute approximate surface area is 215 Å². The van der Waals surface area contributed by atoms with Crippen LogP contribution in [-0.4, -0.2) is 38.4 Å². The molecular formula is C26H30ClN9. The molecule has 36 heavy (non-hydrogen) atoms. The maximum absolute atomic E-state index is 7.15. The number of aromatic amines is 2. The number of unbranched alkanes of at least 4 members (excludes halogenated alkanes) is 1. The van der Waals surface area contributed by atoms with E-state index in [1.807, 2.05) is 48.6 Å². The molecule has 0 saturated carbocycles. The Morgan fingerprint density at radius 2 is 1.17 bits per heavy atom.